The summed E-state index contributed by atoms with van der Waals surface area (Å²) in [5.74, 6) is -0.497. The third-order valence-corrected chi connectivity index (χ3v) is 32.7. The summed E-state index contributed by atoms with van der Waals surface area (Å²) >= 11 is -1.64. The van der Waals surface area contributed by atoms with Crippen LogP contribution < -0.4 is 24.8 Å². The second-order valence-corrected chi connectivity index (χ2v) is 33.1. The third kappa shape index (κ3) is 3.46. The Morgan fingerprint density at radius 1 is 1.15 bits per heavy atom. The van der Waals surface area contributed by atoms with Crippen LogP contribution in [0.4, 0.5) is 0 Å². The summed E-state index contributed by atoms with van der Waals surface area (Å²) in [7, 11) is 0. The molecule has 0 radical (unpaired) electrons. The normalized spacial score (nSPS) is 18.4. The van der Waals surface area contributed by atoms with E-state index in [2.05, 4.69) is 67.7 Å². The van der Waals surface area contributed by atoms with Gasteiger partial charge in [0.25, 0.3) is 0 Å². The minimum atomic E-state index is -1.64. The van der Waals surface area contributed by atoms with Crippen LogP contribution in [0, 0.1) is 0 Å². The first kappa shape index (κ1) is 18.2. The number of rotatable bonds is 3. The average Bonchev–Trinajstić information content (AvgIpc) is 3.00. The van der Waals surface area contributed by atoms with Gasteiger partial charge in [-0.05, 0) is 0 Å². The van der Waals surface area contributed by atoms with Gasteiger partial charge in [-0.2, -0.15) is 0 Å². The molecule has 1 aromatic carbocycles. The van der Waals surface area contributed by atoms with E-state index in [1.165, 1.54) is 12.0 Å². The van der Waals surface area contributed by atoms with Gasteiger partial charge in [0.15, 0.2) is 0 Å². The predicted molar refractivity (Wildman–Crippen MR) is 78.9 cm³/mol. The number of allylic oxidation sites excluding steroid dienone is 5. The van der Waals surface area contributed by atoms with Gasteiger partial charge < -0.3 is 24.8 Å². The second-order valence-electron chi connectivity index (χ2n) is 5.40. The predicted octanol–water partition coefficient (Wildman–Crippen LogP) is -1.79. The van der Waals surface area contributed by atoms with Gasteiger partial charge in [0.2, 0.25) is 0 Å². The Balaban J connectivity index is 0.000001000. The van der Waals surface area contributed by atoms with E-state index in [0.717, 1.165) is 3.67 Å². The number of hydrogen-bond acceptors (Lipinski definition) is 0. The van der Waals surface area contributed by atoms with Gasteiger partial charge in [-0.1, -0.05) is 0 Å². The molecule has 0 amide bonds. The Labute approximate surface area is 143 Å². The molecule has 0 spiro atoms. The quantitative estimate of drug-likeness (QED) is 0.441. The van der Waals surface area contributed by atoms with Crippen LogP contribution >= 0.6 is 0 Å². The minimum absolute atomic E-state index is 0. The van der Waals surface area contributed by atoms with Crippen molar-refractivity contribution in [2.75, 3.05) is 0 Å². The van der Waals surface area contributed by atoms with Crippen molar-refractivity contribution in [3.05, 3.63) is 63.0 Å². The van der Waals surface area contributed by atoms with Crippen molar-refractivity contribution >= 4 is 12.1 Å². The molecule has 2 aliphatic carbocycles. The van der Waals surface area contributed by atoms with E-state index in [1.54, 1.807) is 5.56 Å². The van der Waals surface area contributed by atoms with Crippen LogP contribution in [-0.4, -0.2) is 5.98 Å². The van der Waals surface area contributed by atoms with Crippen molar-refractivity contribution in [1.29, 1.82) is 0 Å². The van der Waals surface area contributed by atoms with Crippen LogP contribution in [0.1, 0.15) is 21.2 Å². The van der Waals surface area contributed by atoms with E-state index in [9.17, 15) is 0 Å². The van der Waals surface area contributed by atoms with Crippen LogP contribution in [0.25, 0.3) is 6.08 Å². The summed E-state index contributed by atoms with van der Waals surface area (Å²) < 4.78 is 2.71. The van der Waals surface area contributed by atoms with Gasteiger partial charge >= 0.3 is 119 Å². The molecule has 0 aromatic heterocycles. The minimum Gasteiger partial charge on any atom is -1.00 e. The Morgan fingerprint density at radius 2 is 1.90 bits per heavy atom. The molecule has 0 saturated heterocycles. The van der Waals surface area contributed by atoms with E-state index in [4.69, 9.17) is 0 Å². The number of benzene rings is 1. The molecule has 1 unspecified atom stereocenters. The fourth-order valence-electron chi connectivity index (χ4n) is 3.11. The smallest absolute Gasteiger partial charge is 1.00 e. The van der Waals surface area contributed by atoms with Crippen LogP contribution in [0.5, 0.6) is 0 Å². The molecule has 0 N–H and O–H groups in total. The summed E-state index contributed by atoms with van der Waals surface area (Å²) in [4.78, 5) is 0. The molecule has 4 heteroatoms. The van der Waals surface area contributed by atoms with Crippen LogP contribution in [-0.2, 0) is 20.6 Å². The van der Waals surface area contributed by atoms with Gasteiger partial charge in [0.05, 0.1) is 0 Å². The van der Waals surface area contributed by atoms with Crippen molar-refractivity contribution in [3.8, 4) is 0 Å². The SMILES string of the molecule is C[SiH](C)[Hf+2]([C]1=CC=CC1)[CH]1C=Cc2ccccc21.[Cl-].[Cl-]. The maximum Gasteiger partial charge on any atom is -1.00 e. The Morgan fingerprint density at radius 3 is 2.55 bits per heavy atom. The number of halogens is 2. The van der Waals surface area contributed by atoms with Crippen molar-refractivity contribution < 1.29 is 45.4 Å². The Bertz CT molecular complexity index is 549. The van der Waals surface area contributed by atoms with Crippen molar-refractivity contribution in [3.63, 3.8) is 0 Å². The van der Waals surface area contributed by atoms with Crippen LogP contribution in [0.2, 0.25) is 13.1 Å². The number of fused-ring (bicyclic) bond motifs is 1. The van der Waals surface area contributed by atoms with Gasteiger partial charge in [-0.15, -0.1) is 0 Å². The van der Waals surface area contributed by atoms with Gasteiger partial charge in [0, 0.05) is 0 Å². The average molecular weight is 489 g/mol. The molecule has 1 aromatic rings. The summed E-state index contributed by atoms with van der Waals surface area (Å²) in [5, 5.41) is 0. The molecule has 0 fully saturated rings. The van der Waals surface area contributed by atoms with Crippen LogP contribution in [0.15, 0.2) is 51.9 Å². The molecule has 0 saturated carbocycles. The van der Waals surface area contributed by atoms with Crippen molar-refractivity contribution in [2.24, 2.45) is 0 Å². The fourth-order valence-corrected chi connectivity index (χ4v) is 31.4. The zero-order valence-corrected chi connectivity index (χ0v) is 18.1. The molecule has 0 nitrogen and oxygen atoms in total. The molecule has 0 aliphatic heterocycles. The topological polar surface area (TPSA) is 0 Å². The van der Waals surface area contributed by atoms with Gasteiger partial charge in [-0.3, -0.25) is 0 Å². The van der Waals surface area contributed by atoms with E-state index in [1.807, 2.05) is 3.33 Å². The summed E-state index contributed by atoms with van der Waals surface area (Å²) in [6.07, 6.45) is 13.2. The monoisotopic (exact) mass is 489 g/mol. The molecule has 2 aliphatic rings. The summed E-state index contributed by atoms with van der Waals surface area (Å²) in [5.41, 5.74) is 3.11. The van der Waals surface area contributed by atoms with Gasteiger partial charge in [0.1, 0.15) is 0 Å². The standard InChI is InChI=1S/C9H7.C5H5.C2H7Si.2ClH.Hf/c1-2-5-9-7-3-6-8(9)4-1;1-2-4-5-3-1;1-3-2;;;/h1-7H;1-3H,4H2;3H,1-2H3;2*1H;/q;;;;;+2/p-2. The van der Waals surface area contributed by atoms with Crippen molar-refractivity contribution in [1.82, 2.24) is 0 Å². The first-order valence-corrected chi connectivity index (χ1v) is 19.8. The summed E-state index contributed by atoms with van der Waals surface area (Å²) in [6.45, 7) is 5.16. The molecule has 3 rings (SSSR count). The first-order valence-electron chi connectivity index (χ1n) is 6.77. The third-order valence-electron chi connectivity index (χ3n) is 3.90. The van der Waals surface area contributed by atoms with Crippen molar-refractivity contribution in [2.45, 2.75) is 23.2 Å². The zero-order valence-electron chi connectivity index (χ0n) is 11.8. The summed E-state index contributed by atoms with van der Waals surface area (Å²) in [6, 6.07) is 9.02. The zero-order chi connectivity index (χ0) is 12.5. The van der Waals surface area contributed by atoms with Gasteiger partial charge in [-0.25, -0.2) is 0 Å². The molecule has 20 heavy (non-hydrogen) atoms. The van der Waals surface area contributed by atoms with E-state index in [0.29, 0.717) is 0 Å². The number of hydrogen-bond donors (Lipinski definition) is 0. The Hall–Kier alpha value is 0.107. The molecule has 0 bridgehead atoms. The molecular weight excluding hydrogens is 470 g/mol. The molecule has 0 heterocycles. The van der Waals surface area contributed by atoms with E-state index >= 15 is 0 Å². The first-order chi connectivity index (χ1) is 8.77. The Kier molecular flexibility index (Phi) is 7.20. The molecular formula is C16H19Cl2HfSi. The van der Waals surface area contributed by atoms with E-state index in [-0.39, 0.29) is 24.8 Å². The maximum absolute atomic E-state index is 2.58. The fraction of sp³-hybridized carbons (Fsp3) is 0.250. The molecule has 1 atom stereocenters. The maximum atomic E-state index is 2.58. The second kappa shape index (κ2) is 7.93. The van der Waals surface area contributed by atoms with Crippen LogP contribution in [0.3, 0.4) is 0 Å². The van der Waals surface area contributed by atoms with E-state index < -0.39 is 26.6 Å². The molecule has 105 valence electrons. The largest absolute Gasteiger partial charge is 1.00 e.